The van der Waals surface area contributed by atoms with Crippen LogP contribution in [0.4, 0.5) is 0 Å². The van der Waals surface area contributed by atoms with E-state index in [0.717, 1.165) is 5.56 Å². The molecule has 0 heterocycles. The van der Waals surface area contributed by atoms with Gasteiger partial charge in [-0.2, -0.15) is 0 Å². The second kappa shape index (κ2) is 6.78. The molecule has 0 atom stereocenters. The van der Waals surface area contributed by atoms with Crippen LogP contribution in [0.5, 0.6) is 0 Å². The second-order valence-electron chi connectivity index (χ2n) is 4.39. The van der Waals surface area contributed by atoms with E-state index in [9.17, 15) is 13.2 Å². The van der Waals surface area contributed by atoms with Crippen molar-refractivity contribution >= 4 is 43.5 Å². The first-order valence-electron chi connectivity index (χ1n) is 6.01. The predicted octanol–water partition coefficient (Wildman–Crippen LogP) is 3.11. The molecule has 2 aromatic rings. The predicted molar refractivity (Wildman–Crippen MR) is 86.1 cm³/mol. The topological polar surface area (TPSA) is 86.5 Å². The summed E-state index contributed by atoms with van der Waals surface area (Å²) in [5, 5.41) is 5.63. The van der Waals surface area contributed by atoms with Crippen molar-refractivity contribution in [2.45, 2.75) is 11.5 Å². The van der Waals surface area contributed by atoms with Crippen LogP contribution >= 0.6 is 27.5 Å². The summed E-state index contributed by atoms with van der Waals surface area (Å²) < 4.78 is 28.2. The van der Waals surface area contributed by atoms with Gasteiger partial charge in [-0.15, -0.1) is 0 Å². The quantitative estimate of drug-likeness (QED) is 0.793. The molecule has 0 aromatic heterocycles. The maximum atomic E-state index is 12.1. The minimum atomic E-state index is -3.89. The fourth-order valence-corrected chi connectivity index (χ4v) is 2.72. The van der Waals surface area contributed by atoms with Gasteiger partial charge in [0.2, 0.25) is 10.0 Å². The van der Waals surface area contributed by atoms with Crippen LogP contribution in [0.25, 0.3) is 0 Å². The molecule has 5 nitrogen and oxygen atoms in total. The highest BCUT2D eigenvalue weighted by atomic mass is 79.9. The molecule has 0 radical (unpaired) electrons. The third-order valence-electron chi connectivity index (χ3n) is 2.77. The lowest BCUT2D eigenvalue weighted by atomic mass is 10.2. The Kier molecular flexibility index (Phi) is 5.23. The SMILES string of the molecule is NS(=O)(=O)c1ccc(Br)c(C(=O)OCc2ccc(Cl)cc2)c1. The van der Waals surface area contributed by atoms with Gasteiger partial charge in [0.05, 0.1) is 10.5 Å². The zero-order valence-corrected chi connectivity index (χ0v) is 14.3. The summed E-state index contributed by atoms with van der Waals surface area (Å²) in [6.07, 6.45) is 0. The molecule has 2 rings (SSSR count). The van der Waals surface area contributed by atoms with Gasteiger partial charge in [0.25, 0.3) is 0 Å². The zero-order valence-electron chi connectivity index (χ0n) is 11.1. The molecule has 0 spiro atoms. The van der Waals surface area contributed by atoms with Crippen molar-refractivity contribution < 1.29 is 17.9 Å². The van der Waals surface area contributed by atoms with Crippen LogP contribution in [0.2, 0.25) is 5.02 Å². The van der Waals surface area contributed by atoms with Crippen LogP contribution in [0, 0.1) is 0 Å². The van der Waals surface area contributed by atoms with Crippen molar-refractivity contribution in [3.8, 4) is 0 Å². The van der Waals surface area contributed by atoms with Crippen molar-refractivity contribution in [2.24, 2.45) is 5.14 Å². The second-order valence-corrected chi connectivity index (χ2v) is 7.24. The van der Waals surface area contributed by atoms with Crippen LogP contribution in [-0.2, 0) is 21.4 Å². The Bertz CT molecular complexity index is 806. The summed E-state index contributed by atoms with van der Waals surface area (Å²) in [7, 11) is -3.89. The van der Waals surface area contributed by atoms with Crippen LogP contribution in [0.1, 0.15) is 15.9 Å². The standard InChI is InChI=1S/C14H11BrClNO4S/c15-13-6-5-11(22(17,19)20)7-12(13)14(18)21-8-9-1-3-10(16)4-2-9/h1-7H,8H2,(H2,17,19,20). The lowest BCUT2D eigenvalue weighted by Crippen LogP contribution is -2.14. The van der Waals surface area contributed by atoms with Gasteiger partial charge in [0, 0.05) is 9.50 Å². The van der Waals surface area contributed by atoms with E-state index in [1.807, 2.05) is 0 Å². The molecule has 2 aromatic carbocycles. The largest absolute Gasteiger partial charge is 0.457 e. The Hall–Kier alpha value is -1.41. The summed E-state index contributed by atoms with van der Waals surface area (Å²) in [5.74, 6) is -0.660. The highest BCUT2D eigenvalue weighted by molar-refractivity contribution is 9.10. The Labute approximate surface area is 141 Å². The normalized spacial score (nSPS) is 11.2. The van der Waals surface area contributed by atoms with Crippen molar-refractivity contribution in [1.82, 2.24) is 0 Å². The summed E-state index contributed by atoms with van der Waals surface area (Å²) in [6, 6.07) is 10.7. The highest BCUT2D eigenvalue weighted by Gasteiger charge is 2.16. The van der Waals surface area contributed by atoms with Crippen molar-refractivity contribution in [1.29, 1.82) is 0 Å². The van der Waals surface area contributed by atoms with E-state index in [1.165, 1.54) is 18.2 Å². The molecule has 0 unspecified atom stereocenters. The number of carbonyl (C=O) groups excluding carboxylic acids is 1. The molecule has 0 saturated carbocycles. The first-order valence-corrected chi connectivity index (χ1v) is 8.73. The molecule has 0 aliphatic carbocycles. The van der Waals surface area contributed by atoms with Gasteiger partial charge in [-0.05, 0) is 51.8 Å². The van der Waals surface area contributed by atoms with E-state index >= 15 is 0 Å². The highest BCUT2D eigenvalue weighted by Crippen LogP contribution is 2.22. The van der Waals surface area contributed by atoms with Gasteiger partial charge in [-0.1, -0.05) is 23.7 Å². The molecule has 2 N–H and O–H groups in total. The number of esters is 1. The van der Waals surface area contributed by atoms with Crippen LogP contribution in [-0.4, -0.2) is 14.4 Å². The molecule has 22 heavy (non-hydrogen) atoms. The van der Waals surface area contributed by atoms with Gasteiger partial charge >= 0.3 is 5.97 Å². The summed E-state index contributed by atoms with van der Waals surface area (Å²) in [5.41, 5.74) is 0.844. The average molecular weight is 405 g/mol. The van der Waals surface area contributed by atoms with Crippen LogP contribution < -0.4 is 5.14 Å². The molecular weight excluding hydrogens is 394 g/mol. The minimum absolute atomic E-state index is 0.0437. The summed E-state index contributed by atoms with van der Waals surface area (Å²) in [4.78, 5) is 11.9. The molecule has 0 bridgehead atoms. The van der Waals surface area contributed by atoms with E-state index in [1.54, 1.807) is 24.3 Å². The Morgan fingerprint density at radius 1 is 1.18 bits per heavy atom. The van der Waals surface area contributed by atoms with E-state index in [-0.39, 0.29) is 17.1 Å². The number of benzene rings is 2. The molecule has 8 heteroatoms. The number of halogens is 2. The lowest BCUT2D eigenvalue weighted by Gasteiger charge is -2.08. The Balaban J connectivity index is 2.17. The van der Waals surface area contributed by atoms with E-state index < -0.39 is 16.0 Å². The molecule has 0 aliphatic heterocycles. The molecular formula is C14H11BrClNO4S. The van der Waals surface area contributed by atoms with Crippen LogP contribution in [0.15, 0.2) is 51.8 Å². The van der Waals surface area contributed by atoms with Gasteiger partial charge < -0.3 is 4.74 Å². The first kappa shape index (κ1) is 17.0. The number of hydrogen-bond acceptors (Lipinski definition) is 4. The average Bonchev–Trinajstić information content (AvgIpc) is 2.45. The Morgan fingerprint density at radius 2 is 1.82 bits per heavy atom. The molecule has 0 amide bonds. The van der Waals surface area contributed by atoms with Crippen molar-refractivity contribution in [2.75, 3.05) is 0 Å². The minimum Gasteiger partial charge on any atom is -0.457 e. The smallest absolute Gasteiger partial charge is 0.339 e. The van der Waals surface area contributed by atoms with Gasteiger partial charge in [-0.25, -0.2) is 18.4 Å². The number of hydrogen-bond donors (Lipinski definition) is 1. The van der Waals surface area contributed by atoms with E-state index in [4.69, 9.17) is 21.5 Å². The zero-order chi connectivity index (χ0) is 16.3. The van der Waals surface area contributed by atoms with Crippen LogP contribution in [0.3, 0.4) is 0 Å². The number of carbonyl (C=O) groups is 1. The maximum Gasteiger partial charge on any atom is 0.339 e. The third kappa shape index (κ3) is 4.30. The molecule has 0 fully saturated rings. The Morgan fingerprint density at radius 3 is 2.41 bits per heavy atom. The van der Waals surface area contributed by atoms with Gasteiger partial charge in [0.15, 0.2) is 0 Å². The fourth-order valence-electron chi connectivity index (χ4n) is 1.65. The van der Waals surface area contributed by atoms with E-state index in [2.05, 4.69) is 15.9 Å². The monoisotopic (exact) mass is 403 g/mol. The molecule has 0 saturated heterocycles. The van der Waals surface area contributed by atoms with Crippen molar-refractivity contribution in [3.63, 3.8) is 0 Å². The summed E-state index contributed by atoms with van der Waals surface area (Å²) in [6.45, 7) is 0.0437. The number of nitrogens with two attached hydrogens (primary N) is 1. The van der Waals surface area contributed by atoms with Gasteiger partial charge in [0.1, 0.15) is 6.61 Å². The number of ether oxygens (including phenoxy) is 1. The first-order chi connectivity index (χ1) is 10.3. The number of rotatable bonds is 4. The number of primary sulfonamides is 1. The fraction of sp³-hybridized carbons (Fsp3) is 0.0714. The van der Waals surface area contributed by atoms with Gasteiger partial charge in [-0.3, -0.25) is 0 Å². The molecule has 116 valence electrons. The molecule has 0 aliphatic rings. The summed E-state index contributed by atoms with van der Waals surface area (Å²) >= 11 is 8.95. The maximum absolute atomic E-state index is 12.1. The van der Waals surface area contributed by atoms with Crippen molar-refractivity contribution in [3.05, 3.63) is 63.1 Å². The van der Waals surface area contributed by atoms with E-state index in [0.29, 0.717) is 9.50 Å². The third-order valence-corrected chi connectivity index (χ3v) is 4.62. The number of sulfonamides is 1. The lowest BCUT2D eigenvalue weighted by molar-refractivity contribution is 0.0471.